The standard InChI is InChI=1S/C27H28N2O4S/c1-17-7-10-19(11-8-17)29-34(30,31)20-12-13-24-23(16-20)21-5-4-6-22(21)27(28-24)18-9-14-25(32-2)26(15-18)33-3/h4-5,7-16,21-22,27-29H,6H2,1-3H3/t21-,22+,27+/m0/s1. The minimum Gasteiger partial charge on any atom is -0.493 e. The molecule has 3 aromatic carbocycles. The number of nitrogens with one attached hydrogen (secondary N) is 2. The second-order valence-electron chi connectivity index (χ2n) is 8.81. The molecule has 5 rings (SSSR count). The monoisotopic (exact) mass is 476 g/mol. The smallest absolute Gasteiger partial charge is 0.261 e. The molecule has 0 aromatic heterocycles. The van der Waals surface area contributed by atoms with Gasteiger partial charge in [0.1, 0.15) is 0 Å². The van der Waals surface area contributed by atoms with Crippen molar-refractivity contribution in [1.82, 2.24) is 0 Å². The summed E-state index contributed by atoms with van der Waals surface area (Å²) in [4.78, 5) is 0.261. The Balaban J connectivity index is 1.47. The van der Waals surface area contributed by atoms with Crippen LogP contribution in [0.15, 0.2) is 77.7 Å². The Morgan fingerprint density at radius 2 is 1.71 bits per heavy atom. The summed E-state index contributed by atoms with van der Waals surface area (Å²) < 4.78 is 39.8. The molecule has 6 nitrogen and oxygen atoms in total. The molecule has 1 heterocycles. The van der Waals surface area contributed by atoms with Crippen LogP contribution < -0.4 is 19.5 Å². The Morgan fingerprint density at radius 1 is 0.941 bits per heavy atom. The molecule has 1 aliphatic heterocycles. The van der Waals surface area contributed by atoms with Crippen LogP contribution in [0.1, 0.15) is 35.1 Å². The van der Waals surface area contributed by atoms with Gasteiger partial charge >= 0.3 is 0 Å². The van der Waals surface area contributed by atoms with Crippen molar-refractivity contribution < 1.29 is 17.9 Å². The van der Waals surface area contributed by atoms with Crippen molar-refractivity contribution in [2.75, 3.05) is 24.3 Å². The first-order valence-electron chi connectivity index (χ1n) is 11.3. The summed E-state index contributed by atoms with van der Waals surface area (Å²) in [7, 11) is -0.439. The van der Waals surface area contributed by atoms with Crippen LogP contribution in [0.4, 0.5) is 11.4 Å². The predicted molar refractivity (Wildman–Crippen MR) is 134 cm³/mol. The fraction of sp³-hybridized carbons (Fsp3) is 0.259. The molecule has 0 spiro atoms. The van der Waals surface area contributed by atoms with E-state index in [0.29, 0.717) is 17.2 Å². The van der Waals surface area contributed by atoms with Gasteiger partial charge in [-0.15, -0.1) is 0 Å². The molecule has 34 heavy (non-hydrogen) atoms. The lowest BCUT2D eigenvalue weighted by molar-refractivity contribution is 0.353. The maximum Gasteiger partial charge on any atom is 0.261 e. The molecular weight excluding hydrogens is 448 g/mol. The maximum absolute atomic E-state index is 13.1. The van der Waals surface area contributed by atoms with E-state index < -0.39 is 10.0 Å². The second kappa shape index (κ2) is 8.72. The lowest BCUT2D eigenvalue weighted by atomic mass is 9.77. The van der Waals surface area contributed by atoms with Crippen LogP contribution in [-0.4, -0.2) is 22.6 Å². The molecule has 176 valence electrons. The topological polar surface area (TPSA) is 76.7 Å². The van der Waals surface area contributed by atoms with E-state index in [-0.39, 0.29) is 22.8 Å². The predicted octanol–water partition coefficient (Wildman–Crippen LogP) is 5.64. The Morgan fingerprint density at radius 3 is 2.44 bits per heavy atom. The van der Waals surface area contributed by atoms with E-state index in [1.165, 1.54) is 0 Å². The average molecular weight is 477 g/mol. The van der Waals surface area contributed by atoms with Crippen molar-refractivity contribution in [2.45, 2.75) is 30.2 Å². The van der Waals surface area contributed by atoms with Gasteiger partial charge in [-0.25, -0.2) is 8.42 Å². The third-order valence-electron chi connectivity index (χ3n) is 6.72. The van der Waals surface area contributed by atoms with Crippen molar-refractivity contribution in [3.8, 4) is 11.5 Å². The summed E-state index contributed by atoms with van der Waals surface area (Å²) in [5, 5.41) is 3.66. The van der Waals surface area contributed by atoms with Gasteiger partial charge in [-0.2, -0.15) is 0 Å². The number of sulfonamides is 1. The molecule has 3 atom stereocenters. The third-order valence-corrected chi connectivity index (χ3v) is 8.09. The summed E-state index contributed by atoms with van der Waals surface area (Å²) in [5.41, 5.74) is 4.68. The highest BCUT2D eigenvalue weighted by molar-refractivity contribution is 7.92. The van der Waals surface area contributed by atoms with Crippen LogP contribution in [0.2, 0.25) is 0 Å². The van der Waals surface area contributed by atoms with Gasteiger partial charge < -0.3 is 14.8 Å². The van der Waals surface area contributed by atoms with Crippen LogP contribution in [0.5, 0.6) is 11.5 Å². The zero-order valence-electron chi connectivity index (χ0n) is 19.4. The van der Waals surface area contributed by atoms with E-state index in [1.54, 1.807) is 38.5 Å². The zero-order chi connectivity index (χ0) is 23.9. The first kappa shape index (κ1) is 22.3. The molecular formula is C27H28N2O4S. The van der Waals surface area contributed by atoms with Crippen molar-refractivity contribution in [2.24, 2.45) is 5.92 Å². The molecule has 1 aliphatic carbocycles. The van der Waals surface area contributed by atoms with Crippen LogP contribution in [0.3, 0.4) is 0 Å². The van der Waals surface area contributed by atoms with Crippen LogP contribution >= 0.6 is 0 Å². The number of allylic oxidation sites excluding steroid dienone is 2. The Labute approximate surface area is 200 Å². The fourth-order valence-electron chi connectivity index (χ4n) is 4.95. The normalized spacial score (nSPS) is 20.7. The SMILES string of the molecule is COc1ccc([C@H]2Nc3ccc(S(=O)(=O)Nc4ccc(C)cc4)cc3[C@H]3C=CC[C@H]32)cc1OC. The van der Waals surface area contributed by atoms with Gasteiger partial charge in [-0.3, -0.25) is 4.72 Å². The Kier molecular flexibility index (Phi) is 5.73. The second-order valence-corrected chi connectivity index (χ2v) is 10.5. The molecule has 0 saturated carbocycles. The molecule has 7 heteroatoms. The van der Waals surface area contributed by atoms with Crippen LogP contribution in [0.25, 0.3) is 0 Å². The molecule has 2 N–H and O–H groups in total. The number of fused-ring (bicyclic) bond motifs is 3. The third kappa shape index (κ3) is 4.01. The fourth-order valence-corrected chi connectivity index (χ4v) is 6.05. The molecule has 0 radical (unpaired) electrons. The van der Waals surface area contributed by atoms with Crippen LogP contribution in [-0.2, 0) is 10.0 Å². The van der Waals surface area contributed by atoms with Gasteiger partial charge in [0.15, 0.2) is 11.5 Å². The van der Waals surface area contributed by atoms with Gasteiger partial charge in [0.25, 0.3) is 10.0 Å². The average Bonchev–Trinajstić information content (AvgIpc) is 3.34. The number of benzene rings is 3. The summed E-state index contributed by atoms with van der Waals surface area (Å²) in [5.74, 6) is 1.79. The molecule has 0 saturated heterocycles. The maximum atomic E-state index is 13.1. The Hall–Kier alpha value is -3.45. The number of aryl methyl sites for hydroxylation is 1. The van der Waals surface area contributed by atoms with Gasteiger partial charge in [0.2, 0.25) is 0 Å². The molecule has 3 aromatic rings. The highest BCUT2D eigenvalue weighted by Gasteiger charge is 2.38. The minimum absolute atomic E-state index is 0.0699. The van der Waals surface area contributed by atoms with Gasteiger partial charge in [0.05, 0.1) is 25.2 Å². The summed E-state index contributed by atoms with van der Waals surface area (Å²) in [6, 6.07) is 18.7. The first-order chi connectivity index (χ1) is 16.4. The molecule has 0 unspecified atom stereocenters. The summed E-state index contributed by atoms with van der Waals surface area (Å²) in [6.45, 7) is 1.97. The molecule has 2 aliphatic rings. The molecule has 0 bridgehead atoms. The Bertz CT molecular complexity index is 1350. The van der Waals surface area contributed by atoms with Crippen molar-refractivity contribution in [3.63, 3.8) is 0 Å². The largest absolute Gasteiger partial charge is 0.493 e. The number of methoxy groups -OCH3 is 2. The number of anilines is 2. The van der Waals surface area contributed by atoms with Crippen molar-refractivity contribution in [3.05, 3.63) is 89.5 Å². The number of rotatable bonds is 6. The number of ether oxygens (including phenoxy) is 2. The first-order valence-corrected chi connectivity index (χ1v) is 12.8. The highest BCUT2D eigenvalue weighted by atomic mass is 32.2. The quantitative estimate of drug-likeness (QED) is 0.450. The van der Waals surface area contributed by atoms with E-state index in [2.05, 4.69) is 28.3 Å². The summed E-state index contributed by atoms with van der Waals surface area (Å²) >= 11 is 0. The number of hydrogen-bond acceptors (Lipinski definition) is 5. The molecule has 0 fully saturated rings. The van der Waals surface area contributed by atoms with E-state index in [1.807, 2.05) is 37.3 Å². The van der Waals surface area contributed by atoms with Crippen LogP contribution in [0, 0.1) is 12.8 Å². The van der Waals surface area contributed by atoms with Crippen molar-refractivity contribution >= 4 is 21.4 Å². The summed E-state index contributed by atoms with van der Waals surface area (Å²) in [6.07, 6.45) is 5.29. The molecule has 0 amide bonds. The van der Waals surface area contributed by atoms with Gasteiger partial charge in [0, 0.05) is 17.3 Å². The van der Waals surface area contributed by atoms with Gasteiger partial charge in [-0.1, -0.05) is 35.9 Å². The zero-order valence-corrected chi connectivity index (χ0v) is 20.2. The van der Waals surface area contributed by atoms with E-state index in [9.17, 15) is 8.42 Å². The lowest BCUT2D eigenvalue weighted by Gasteiger charge is -2.38. The van der Waals surface area contributed by atoms with Gasteiger partial charge in [-0.05, 0) is 72.9 Å². The van der Waals surface area contributed by atoms with E-state index >= 15 is 0 Å². The van der Waals surface area contributed by atoms with Crippen molar-refractivity contribution in [1.29, 1.82) is 0 Å². The highest BCUT2D eigenvalue weighted by Crippen LogP contribution is 2.51. The van der Waals surface area contributed by atoms with E-state index in [0.717, 1.165) is 28.8 Å². The van der Waals surface area contributed by atoms with E-state index in [4.69, 9.17) is 9.47 Å². The lowest BCUT2D eigenvalue weighted by Crippen LogP contribution is -2.29. The minimum atomic E-state index is -3.70. The number of hydrogen-bond donors (Lipinski definition) is 2.